The first-order valence-electron chi connectivity index (χ1n) is 9.55. The number of hydrogen-bond acceptors (Lipinski definition) is 1. The Hall–Kier alpha value is -2.77. The average Bonchev–Trinajstić information content (AvgIpc) is 3.14. The number of benzene rings is 3. The number of rotatable bonds is 5. The van der Waals surface area contributed by atoms with Gasteiger partial charge in [-0.05, 0) is 41.0 Å². The van der Waals surface area contributed by atoms with Crippen molar-refractivity contribution in [1.82, 2.24) is 4.98 Å². The molecule has 31 heavy (non-hydrogen) atoms. The second-order valence-electron chi connectivity index (χ2n) is 7.41. The van der Waals surface area contributed by atoms with Crippen LogP contribution in [0.5, 0.6) is 0 Å². The highest BCUT2D eigenvalue weighted by Gasteiger charge is 2.31. The van der Waals surface area contributed by atoms with Crippen molar-refractivity contribution >= 4 is 22.1 Å². The Morgan fingerprint density at radius 3 is 2.13 bits per heavy atom. The molecule has 2 unspecified atom stereocenters. The molecule has 1 N–H and O–H groups in total. The molecule has 0 aliphatic carbocycles. The highest BCUT2D eigenvalue weighted by Crippen LogP contribution is 2.38. The van der Waals surface area contributed by atoms with Crippen LogP contribution in [0.15, 0.2) is 72.9 Å². The van der Waals surface area contributed by atoms with Gasteiger partial charge < -0.3 is 9.54 Å². The third-order valence-corrected chi connectivity index (χ3v) is 6.00. The Morgan fingerprint density at radius 1 is 0.935 bits per heavy atom. The topological polar surface area (TPSA) is 38.8 Å². The second-order valence-corrected chi connectivity index (χ2v) is 8.84. The van der Waals surface area contributed by atoms with Gasteiger partial charge in [-0.15, -0.1) is 0 Å². The summed E-state index contributed by atoms with van der Waals surface area (Å²) in [4.78, 5) is 3.24. The number of aromatic nitrogens is 1. The zero-order valence-electron chi connectivity index (χ0n) is 16.5. The molecule has 2 nitrogen and oxygen atoms in total. The fourth-order valence-electron chi connectivity index (χ4n) is 3.89. The van der Waals surface area contributed by atoms with E-state index in [1.54, 1.807) is 18.4 Å². The Bertz CT molecular complexity index is 1180. The van der Waals surface area contributed by atoms with Gasteiger partial charge in [0.1, 0.15) is 11.6 Å². The average molecular weight is 445 g/mol. The molecule has 160 valence electrons. The molecule has 3 aromatic carbocycles. The summed E-state index contributed by atoms with van der Waals surface area (Å²) >= 11 is -1.03. The number of hydrogen-bond donors (Lipinski definition) is 1. The Balaban J connectivity index is 1.87. The molecule has 0 amide bonds. The van der Waals surface area contributed by atoms with Crippen molar-refractivity contribution < 1.29 is 22.1 Å². The van der Waals surface area contributed by atoms with E-state index in [9.17, 15) is 22.1 Å². The van der Waals surface area contributed by atoms with Gasteiger partial charge >= 0.3 is 6.18 Å². The largest absolute Gasteiger partial charge is 0.616 e. The SMILES string of the molecule is C[S+]([O-])Cc1cccc2c(C(c3ccc(F)cc3)c3ccc(C(F)(F)F)cc3)c[nH]c12. The van der Waals surface area contributed by atoms with Crippen LogP contribution in [0.1, 0.15) is 33.7 Å². The highest BCUT2D eigenvalue weighted by atomic mass is 32.2. The molecule has 4 rings (SSSR count). The lowest BCUT2D eigenvalue weighted by molar-refractivity contribution is -0.137. The van der Waals surface area contributed by atoms with E-state index in [0.717, 1.165) is 39.7 Å². The van der Waals surface area contributed by atoms with E-state index in [1.807, 2.05) is 24.4 Å². The standard InChI is InChI=1S/C24H19F4NOS/c1-31(30)14-17-3-2-4-20-21(13-29-23(17)20)22(16-7-11-19(25)12-8-16)15-5-9-18(10-6-15)24(26,27)28/h2-13,22,29H,14H2,1H3. The van der Waals surface area contributed by atoms with Crippen molar-refractivity contribution in [2.45, 2.75) is 17.8 Å². The van der Waals surface area contributed by atoms with E-state index in [4.69, 9.17) is 0 Å². The first-order chi connectivity index (χ1) is 14.7. The van der Waals surface area contributed by atoms with Crippen molar-refractivity contribution in [2.24, 2.45) is 0 Å². The summed E-state index contributed by atoms with van der Waals surface area (Å²) < 4.78 is 64.4. The predicted octanol–water partition coefficient (Wildman–Crippen LogP) is 6.38. The van der Waals surface area contributed by atoms with Crippen LogP contribution in [-0.4, -0.2) is 15.8 Å². The van der Waals surface area contributed by atoms with Crippen LogP contribution < -0.4 is 0 Å². The number of para-hydroxylation sites is 1. The maximum absolute atomic E-state index is 13.5. The van der Waals surface area contributed by atoms with Crippen LogP contribution in [0.4, 0.5) is 17.6 Å². The van der Waals surface area contributed by atoms with Gasteiger partial charge in [-0.2, -0.15) is 13.2 Å². The van der Waals surface area contributed by atoms with Crippen molar-refractivity contribution in [2.75, 3.05) is 6.26 Å². The summed E-state index contributed by atoms with van der Waals surface area (Å²) in [6.07, 6.45) is -0.972. The fraction of sp³-hybridized carbons (Fsp3) is 0.167. The minimum absolute atomic E-state index is 0.387. The predicted molar refractivity (Wildman–Crippen MR) is 115 cm³/mol. The van der Waals surface area contributed by atoms with Crippen molar-refractivity contribution in [3.8, 4) is 0 Å². The van der Waals surface area contributed by atoms with Crippen LogP contribution in [0.2, 0.25) is 0 Å². The fourth-order valence-corrected chi connectivity index (χ4v) is 4.57. The summed E-state index contributed by atoms with van der Waals surface area (Å²) in [7, 11) is 0. The van der Waals surface area contributed by atoms with Gasteiger partial charge in [0.25, 0.3) is 0 Å². The normalized spacial score (nSPS) is 14.0. The summed E-state index contributed by atoms with van der Waals surface area (Å²) in [5, 5.41) is 0.886. The zero-order chi connectivity index (χ0) is 22.2. The molecule has 1 heterocycles. The van der Waals surface area contributed by atoms with Gasteiger partial charge in [-0.1, -0.05) is 53.6 Å². The molecular weight excluding hydrogens is 426 g/mol. The van der Waals surface area contributed by atoms with Crippen LogP contribution in [-0.2, 0) is 23.1 Å². The molecule has 0 aliphatic heterocycles. The van der Waals surface area contributed by atoms with Gasteiger partial charge in [0.05, 0.1) is 17.3 Å². The van der Waals surface area contributed by atoms with Crippen LogP contribution in [0, 0.1) is 5.82 Å². The van der Waals surface area contributed by atoms with Gasteiger partial charge in [-0.25, -0.2) is 4.39 Å². The molecule has 4 aromatic rings. The maximum atomic E-state index is 13.5. The smallest absolute Gasteiger partial charge is 0.416 e. The first-order valence-corrected chi connectivity index (χ1v) is 11.3. The molecule has 0 bridgehead atoms. The lowest BCUT2D eigenvalue weighted by Gasteiger charge is -2.19. The lowest BCUT2D eigenvalue weighted by Crippen LogP contribution is -2.07. The summed E-state index contributed by atoms with van der Waals surface area (Å²) in [5.41, 5.74) is 3.28. The molecule has 0 aliphatic rings. The molecule has 0 saturated carbocycles. The van der Waals surface area contributed by atoms with Crippen molar-refractivity contribution in [3.05, 3.63) is 107 Å². The molecule has 0 spiro atoms. The number of aromatic amines is 1. The first kappa shape index (κ1) is 21.5. The highest BCUT2D eigenvalue weighted by molar-refractivity contribution is 7.89. The number of H-pyrrole nitrogens is 1. The van der Waals surface area contributed by atoms with Gasteiger partial charge in [0.15, 0.2) is 0 Å². The number of nitrogens with one attached hydrogen (secondary N) is 1. The third kappa shape index (κ3) is 4.48. The zero-order valence-corrected chi connectivity index (χ0v) is 17.4. The molecular formula is C24H19F4NOS. The Morgan fingerprint density at radius 2 is 1.55 bits per heavy atom. The van der Waals surface area contributed by atoms with E-state index >= 15 is 0 Å². The molecule has 0 fully saturated rings. The Kier molecular flexibility index (Phi) is 5.81. The Labute approximate surface area is 180 Å². The van der Waals surface area contributed by atoms with E-state index in [0.29, 0.717) is 11.3 Å². The summed E-state index contributed by atoms with van der Waals surface area (Å²) in [5.74, 6) is -0.403. The van der Waals surface area contributed by atoms with E-state index in [-0.39, 0.29) is 5.82 Å². The van der Waals surface area contributed by atoms with Gasteiger partial charge in [-0.3, -0.25) is 0 Å². The minimum Gasteiger partial charge on any atom is -0.616 e. The van der Waals surface area contributed by atoms with Crippen molar-refractivity contribution in [1.29, 1.82) is 0 Å². The number of alkyl halides is 3. The van der Waals surface area contributed by atoms with Crippen LogP contribution >= 0.6 is 0 Å². The summed E-state index contributed by atoms with van der Waals surface area (Å²) in [6, 6.07) is 16.7. The quantitative estimate of drug-likeness (QED) is 0.281. The lowest BCUT2D eigenvalue weighted by atomic mass is 9.84. The maximum Gasteiger partial charge on any atom is 0.416 e. The number of halogens is 4. The molecule has 0 saturated heterocycles. The molecule has 7 heteroatoms. The van der Waals surface area contributed by atoms with Crippen molar-refractivity contribution in [3.63, 3.8) is 0 Å². The molecule has 1 aromatic heterocycles. The second kappa shape index (κ2) is 8.40. The van der Waals surface area contributed by atoms with Crippen LogP contribution in [0.25, 0.3) is 10.9 Å². The van der Waals surface area contributed by atoms with Gasteiger partial charge in [0, 0.05) is 23.1 Å². The van der Waals surface area contributed by atoms with Gasteiger partial charge in [0.2, 0.25) is 0 Å². The molecule has 2 atom stereocenters. The molecule has 0 radical (unpaired) electrons. The number of fused-ring (bicyclic) bond motifs is 1. The van der Waals surface area contributed by atoms with E-state index in [1.165, 1.54) is 24.3 Å². The van der Waals surface area contributed by atoms with E-state index < -0.39 is 28.8 Å². The van der Waals surface area contributed by atoms with Crippen LogP contribution in [0.3, 0.4) is 0 Å². The third-order valence-electron chi connectivity index (χ3n) is 5.28. The summed E-state index contributed by atoms with van der Waals surface area (Å²) in [6.45, 7) is 0. The van der Waals surface area contributed by atoms with E-state index in [2.05, 4.69) is 4.98 Å². The minimum atomic E-state index is -4.42. The monoisotopic (exact) mass is 445 g/mol.